The maximum absolute atomic E-state index is 11.8. The summed E-state index contributed by atoms with van der Waals surface area (Å²) in [6, 6.07) is 8.12. The summed E-state index contributed by atoms with van der Waals surface area (Å²) in [6.45, 7) is 5.62. The molecule has 4 heteroatoms. The van der Waals surface area contributed by atoms with Gasteiger partial charge in [0.05, 0.1) is 0 Å². The van der Waals surface area contributed by atoms with Crippen LogP contribution in [-0.4, -0.2) is 17.2 Å². The normalized spacial score (nSPS) is 16.8. The van der Waals surface area contributed by atoms with Gasteiger partial charge in [-0.05, 0) is 51.7 Å². The number of hydrogen-bond donors (Lipinski definition) is 1. The van der Waals surface area contributed by atoms with Crippen LogP contribution in [-0.2, 0) is 11.2 Å². The van der Waals surface area contributed by atoms with E-state index < -0.39 is 5.60 Å². The Labute approximate surface area is 122 Å². The highest BCUT2D eigenvalue weighted by Gasteiger charge is 2.45. The van der Waals surface area contributed by atoms with Gasteiger partial charge in [-0.2, -0.15) is 0 Å². The van der Waals surface area contributed by atoms with E-state index in [1.807, 2.05) is 39.0 Å². The molecule has 0 radical (unpaired) electrons. The Morgan fingerprint density at radius 2 is 2.00 bits per heavy atom. The van der Waals surface area contributed by atoms with E-state index in [-0.39, 0.29) is 11.6 Å². The third-order valence-corrected chi connectivity index (χ3v) is 3.88. The first-order valence-electron chi connectivity index (χ1n) is 6.54. The minimum Gasteiger partial charge on any atom is -0.444 e. The van der Waals surface area contributed by atoms with Crippen molar-refractivity contribution in [1.82, 2.24) is 5.32 Å². The molecular formula is C15H20BrNO2. The SMILES string of the molecule is CC(C)(C)OC(=O)NC1(Cc2ccccc2Br)CC1. The Kier molecular flexibility index (Phi) is 3.90. The highest BCUT2D eigenvalue weighted by molar-refractivity contribution is 9.10. The van der Waals surface area contributed by atoms with Crippen molar-refractivity contribution in [2.45, 2.75) is 51.2 Å². The van der Waals surface area contributed by atoms with Gasteiger partial charge in [-0.1, -0.05) is 34.1 Å². The molecule has 1 saturated carbocycles. The first-order chi connectivity index (χ1) is 8.80. The molecule has 0 unspecified atom stereocenters. The number of nitrogens with one attached hydrogen (secondary N) is 1. The molecule has 3 nitrogen and oxygen atoms in total. The largest absolute Gasteiger partial charge is 0.444 e. The Bertz CT molecular complexity index is 475. The zero-order valence-electron chi connectivity index (χ0n) is 11.6. The molecule has 0 aliphatic heterocycles. The van der Waals surface area contributed by atoms with Gasteiger partial charge in [-0.15, -0.1) is 0 Å². The predicted molar refractivity (Wildman–Crippen MR) is 79.2 cm³/mol. The van der Waals surface area contributed by atoms with Crippen LogP contribution in [0.4, 0.5) is 4.79 Å². The average Bonchev–Trinajstić information content (AvgIpc) is 2.98. The minimum atomic E-state index is -0.451. The van der Waals surface area contributed by atoms with Crippen LogP contribution in [0.15, 0.2) is 28.7 Å². The summed E-state index contributed by atoms with van der Waals surface area (Å²) < 4.78 is 6.41. The lowest BCUT2D eigenvalue weighted by Crippen LogP contribution is -2.41. The van der Waals surface area contributed by atoms with E-state index in [0.29, 0.717) is 0 Å². The summed E-state index contributed by atoms with van der Waals surface area (Å²) >= 11 is 3.55. The van der Waals surface area contributed by atoms with Crippen molar-refractivity contribution in [3.63, 3.8) is 0 Å². The van der Waals surface area contributed by atoms with Crippen molar-refractivity contribution in [2.24, 2.45) is 0 Å². The van der Waals surface area contributed by atoms with Crippen molar-refractivity contribution >= 4 is 22.0 Å². The van der Waals surface area contributed by atoms with Crippen molar-refractivity contribution in [2.75, 3.05) is 0 Å². The number of halogens is 1. The van der Waals surface area contributed by atoms with Gasteiger partial charge in [0.2, 0.25) is 0 Å². The van der Waals surface area contributed by atoms with Crippen molar-refractivity contribution in [3.8, 4) is 0 Å². The fraction of sp³-hybridized carbons (Fsp3) is 0.533. The number of carbonyl (C=O) groups is 1. The van der Waals surface area contributed by atoms with Gasteiger partial charge < -0.3 is 10.1 Å². The number of benzene rings is 1. The first-order valence-corrected chi connectivity index (χ1v) is 7.34. The molecule has 1 N–H and O–H groups in total. The zero-order valence-corrected chi connectivity index (χ0v) is 13.2. The Hall–Kier alpha value is -1.03. The van der Waals surface area contributed by atoms with Crippen LogP contribution in [0, 0.1) is 0 Å². The molecule has 0 aromatic heterocycles. The van der Waals surface area contributed by atoms with E-state index in [2.05, 4.69) is 27.3 Å². The van der Waals surface area contributed by atoms with Crippen molar-refractivity contribution in [3.05, 3.63) is 34.3 Å². The average molecular weight is 326 g/mol. The molecule has 0 atom stereocenters. The maximum Gasteiger partial charge on any atom is 0.408 e. The lowest BCUT2D eigenvalue weighted by Gasteiger charge is -2.23. The van der Waals surface area contributed by atoms with Crippen molar-refractivity contribution in [1.29, 1.82) is 0 Å². The van der Waals surface area contributed by atoms with E-state index in [1.54, 1.807) is 0 Å². The molecule has 1 fully saturated rings. The molecule has 1 aromatic carbocycles. The number of ether oxygens (including phenoxy) is 1. The van der Waals surface area contributed by atoms with Crippen LogP contribution in [0.3, 0.4) is 0 Å². The number of carbonyl (C=O) groups excluding carboxylic acids is 1. The molecule has 0 spiro atoms. The van der Waals surface area contributed by atoms with Gasteiger partial charge in [-0.3, -0.25) is 0 Å². The second kappa shape index (κ2) is 5.16. The molecule has 19 heavy (non-hydrogen) atoms. The Morgan fingerprint density at radius 1 is 1.37 bits per heavy atom. The second-order valence-corrected chi connectivity index (χ2v) is 7.03. The molecule has 0 bridgehead atoms. The molecule has 1 aromatic rings. The van der Waals surface area contributed by atoms with Crippen LogP contribution in [0.1, 0.15) is 39.2 Å². The highest BCUT2D eigenvalue weighted by atomic mass is 79.9. The van der Waals surface area contributed by atoms with Gasteiger partial charge in [0.1, 0.15) is 5.60 Å². The number of rotatable bonds is 3. The molecular weight excluding hydrogens is 306 g/mol. The summed E-state index contributed by atoms with van der Waals surface area (Å²) in [5, 5.41) is 3.02. The maximum atomic E-state index is 11.8. The quantitative estimate of drug-likeness (QED) is 0.910. The fourth-order valence-electron chi connectivity index (χ4n) is 2.02. The van der Waals surface area contributed by atoms with E-state index in [0.717, 1.165) is 23.7 Å². The van der Waals surface area contributed by atoms with Gasteiger partial charge in [0.25, 0.3) is 0 Å². The molecule has 0 heterocycles. The standard InChI is InChI=1S/C15H20BrNO2/c1-14(2,3)19-13(18)17-15(8-9-15)10-11-6-4-5-7-12(11)16/h4-7H,8-10H2,1-3H3,(H,17,18). The monoisotopic (exact) mass is 325 g/mol. The summed E-state index contributed by atoms with van der Waals surface area (Å²) in [5.74, 6) is 0. The van der Waals surface area contributed by atoms with Crippen molar-refractivity contribution < 1.29 is 9.53 Å². The van der Waals surface area contributed by atoms with Crippen LogP contribution >= 0.6 is 15.9 Å². The summed E-state index contributed by atoms with van der Waals surface area (Å²) in [7, 11) is 0. The predicted octanol–water partition coefficient (Wildman–Crippen LogP) is 4.05. The molecule has 1 aliphatic rings. The zero-order chi connectivity index (χ0) is 14.1. The van der Waals surface area contributed by atoms with Gasteiger partial charge in [-0.25, -0.2) is 4.79 Å². The lowest BCUT2D eigenvalue weighted by atomic mass is 10.0. The van der Waals surface area contributed by atoms with Crippen LogP contribution < -0.4 is 5.32 Å². The van der Waals surface area contributed by atoms with E-state index >= 15 is 0 Å². The van der Waals surface area contributed by atoms with Gasteiger partial charge >= 0.3 is 6.09 Å². The van der Waals surface area contributed by atoms with Gasteiger partial charge in [0.15, 0.2) is 0 Å². The van der Waals surface area contributed by atoms with Gasteiger partial charge in [0, 0.05) is 10.0 Å². The fourth-order valence-corrected chi connectivity index (χ4v) is 2.45. The Balaban J connectivity index is 1.97. The third-order valence-electron chi connectivity index (χ3n) is 3.11. The third kappa shape index (κ3) is 4.23. The molecule has 104 valence electrons. The number of hydrogen-bond acceptors (Lipinski definition) is 2. The number of alkyl carbamates (subject to hydrolysis) is 1. The second-order valence-electron chi connectivity index (χ2n) is 6.18. The lowest BCUT2D eigenvalue weighted by molar-refractivity contribution is 0.0496. The smallest absolute Gasteiger partial charge is 0.408 e. The van der Waals surface area contributed by atoms with E-state index in [4.69, 9.17) is 4.74 Å². The Morgan fingerprint density at radius 3 is 2.53 bits per heavy atom. The first kappa shape index (κ1) is 14.4. The van der Waals surface area contributed by atoms with Crippen LogP contribution in [0.5, 0.6) is 0 Å². The van der Waals surface area contributed by atoms with Crippen LogP contribution in [0.2, 0.25) is 0 Å². The molecule has 1 amide bonds. The number of amides is 1. The minimum absolute atomic E-state index is 0.119. The molecule has 0 saturated heterocycles. The summed E-state index contributed by atoms with van der Waals surface area (Å²) in [6.07, 6.45) is 2.53. The molecule has 1 aliphatic carbocycles. The topological polar surface area (TPSA) is 38.3 Å². The van der Waals surface area contributed by atoms with E-state index in [1.165, 1.54) is 5.56 Å². The molecule has 2 rings (SSSR count). The highest BCUT2D eigenvalue weighted by Crippen LogP contribution is 2.40. The van der Waals surface area contributed by atoms with E-state index in [9.17, 15) is 4.79 Å². The summed E-state index contributed by atoms with van der Waals surface area (Å²) in [4.78, 5) is 11.8. The van der Waals surface area contributed by atoms with Crippen LogP contribution in [0.25, 0.3) is 0 Å². The summed E-state index contributed by atoms with van der Waals surface area (Å²) in [5.41, 5.74) is 0.649.